The zero-order chi connectivity index (χ0) is 18.8. The molecule has 1 unspecified atom stereocenters. The second kappa shape index (κ2) is 7.09. The lowest BCUT2D eigenvalue weighted by Gasteiger charge is -2.39. The number of phenolic OH excluding ortho intramolecular Hbond substituents is 2. The molecule has 1 aromatic rings. The van der Waals surface area contributed by atoms with Crippen molar-refractivity contribution >= 4 is 18.0 Å². The summed E-state index contributed by atoms with van der Waals surface area (Å²) in [4.78, 5) is 22.9. The highest BCUT2D eigenvalue weighted by Crippen LogP contribution is 2.31. The maximum Gasteiger partial charge on any atom is 0.335 e. The van der Waals surface area contributed by atoms with Crippen LogP contribution in [0.2, 0.25) is 0 Å². The van der Waals surface area contributed by atoms with Crippen LogP contribution in [-0.4, -0.2) is 66.5 Å². The molecule has 1 fully saturated rings. The lowest BCUT2D eigenvalue weighted by molar-refractivity contribution is -0.196. The van der Waals surface area contributed by atoms with Crippen LogP contribution < -0.4 is 0 Å². The molecule has 0 radical (unpaired) electrons. The van der Waals surface area contributed by atoms with E-state index in [0.29, 0.717) is 5.56 Å². The molecule has 9 heteroatoms. The maximum absolute atomic E-state index is 11.8. The molecular formula is C16H18O9. The first-order valence-electron chi connectivity index (χ1n) is 7.35. The fraction of sp³-hybridized carbons (Fsp3) is 0.375. The number of aromatic hydroxyl groups is 2. The summed E-state index contributed by atoms with van der Waals surface area (Å²) in [5.41, 5.74) is -1.94. The van der Waals surface area contributed by atoms with E-state index in [4.69, 9.17) is 9.84 Å². The summed E-state index contributed by atoms with van der Waals surface area (Å²) in [7, 11) is 0. The summed E-state index contributed by atoms with van der Waals surface area (Å²) < 4.78 is 4.92. The van der Waals surface area contributed by atoms with E-state index in [-0.39, 0.29) is 11.5 Å². The summed E-state index contributed by atoms with van der Waals surface area (Å²) in [6.45, 7) is 0. The molecule has 1 aromatic carbocycles. The molecule has 0 heterocycles. The molecular weight excluding hydrogens is 336 g/mol. The SMILES string of the molecule is O=C(C=Cc1ccc(O)c(O)c1)OC1C[C@@](O)(C(=O)O)C[C@H](O)[C@@H]1O. The maximum atomic E-state index is 11.8. The van der Waals surface area contributed by atoms with Gasteiger partial charge in [-0.05, 0) is 23.8 Å². The summed E-state index contributed by atoms with van der Waals surface area (Å²) in [6.07, 6.45) is -3.44. The summed E-state index contributed by atoms with van der Waals surface area (Å²) in [5, 5.41) is 57.0. The largest absolute Gasteiger partial charge is 0.504 e. The number of phenols is 2. The number of aliphatic hydroxyl groups excluding tert-OH is 2. The Hall–Kier alpha value is -2.62. The normalized spacial score (nSPS) is 29.5. The average molecular weight is 354 g/mol. The van der Waals surface area contributed by atoms with Gasteiger partial charge in [0.05, 0.1) is 6.10 Å². The van der Waals surface area contributed by atoms with Crippen molar-refractivity contribution in [3.05, 3.63) is 29.8 Å². The number of hydrogen-bond donors (Lipinski definition) is 6. The van der Waals surface area contributed by atoms with E-state index >= 15 is 0 Å². The summed E-state index contributed by atoms with van der Waals surface area (Å²) in [6, 6.07) is 3.83. The minimum atomic E-state index is -2.31. The van der Waals surface area contributed by atoms with Crippen LogP contribution in [0, 0.1) is 0 Å². The zero-order valence-corrected chi connectivity index (χ0v) is 12.9. The van der Waals surface area contributed by atoms with Crippen LogP contribution in [0.3, 0.4) is 0 Å². The van der Waals surface area contributed by atoms with Gasteiger partial charge in [-0.25, -0.2) is 9.59 Å². The van der Waals surface area contributed by atoms with E-state index in [1.807, 2.05) is 0 Å². The standard InChI is InChI=1S/C16H18O9/c17-9-3-1-8(5-10(9)18)2-4-13(20)25-12-7-16(24,15(22)23)6-11(19)14(12)21/h1-5,11-12,14,17-19,21,24H,6-7H2,(H,22,23)/t11-,12?,14-,16+/m0/s1. The van der Waals surface area contributed by atoms with E-state index in [2.05, 4.69) is 0 Å². The Labute approximate surface area is 142 Å². The number of rotatable bonds is 4. The van der Waals surface area contributed by atoms with E-state index < -0.39 is 48.7 Å². The molecule has 9 nitrogen and oxygen atoms in total. The van der Waals surface area contributed by atoms with Crippen molar-refractivity contribution < 1.29 is 45.0 Å². The molecule has 1 aliphatic carbocycles. The molecule has 2 rings (SSSR count). The third-order valence-corrected chi connectivity index (χ3v) is 3.94. The van der Waals surface area contributed by atoms with Gasteiger partial charge in [-0.3, -0.25) is 0 Å². The first-order chi connectivity index (χ1) is 11.6. The lowest BCUT2D eigenvalue weighted by atomic mass is 9.79. The molecule has 0 bridgehead atoms. The van der Waals surface area contributed by atoms with Gasteiger partial charge in [-0.1, -0.05) is 6.07 Å². The molecule has 0 aliphatic heterocycles. The van der Waals surface area contributed by atoms with Crippen molar-refractivity contribution in [2.75, 3.05) is 0 Å². The number of aliphatic hydroxyl groups is 3. The molecule has 0 aromatic heterocycles. The molecule has 0 saturated heterocycles. The van der Waals surface area contributed by atoms with E-state index in [0.717, 1.165) is 6.08 Å². The number of carboxylic acids is 1. The smallest absolute Gasteiger partial charge is 0.335 e. The van der Waals surface area contributed by atoms with Crippen molar-refractivity contribution in [1.29, 1.82) is 0 Å². The van der Waals surface area contributed by atoms with Crippen molar-refractivity contribution in [3.63, 3.8) is 0 Å². The molecule has 0 spiro atoms. The van der Waals surface area contributed by atoms with Gasteiger partial charge >= 0.3 is 11.9 Å². The number of hydrogen-bond acceptors (Lipinski definition) is 8. The van der Waals surface area contributed by atoms with Crippen molar-refractivity contribution in [2.45, 2.75) is 36.8 Å². The first-order valence-corrected chi connectivity index (χ1v) is 7.35. The molecule has 6 N–H and O–H groups in total. The number of carbonyl (C=O) groups excluding carboxylic acids is 1. The predicted octanol–water partition coefficient (Wildman–Crippen LogP) is -0.646. The Kier molecular flexibility index (Phi) is 5.31. The molecule has 25 heavy (non-hydrogen) atoms. The highest BCUT2D eigenvalue weighted by atomic mass is 16.6. The highest BCUT2D eigenvalue weighted by molar-refractivity contribution is 5.87. The number of esters is 1. The van der Waals surface area contributed by atoms with Gasteiger partial charge in [0.2, 0.25) is 0 Å². The summed E-state index contributed by atoms with van der Waals surface area (Å²) in [5.74, 6) is -3.24. The van der Waals surface area contributed by atoms with Crippen LogP contribution in [0.1, 0.15) is 18.4 Å². The molecule has 1 saturated carbocycles. The first kappa shape index (κ1) is 18.7. The second-order valence-electron chi connectivity index (χ2n) is 5.86. The quantitative estimate of drug-likeness (QED) is 0.234. The Morgan fingerprint density at radius 2 is 1.84 bits per heavy atom. The number of carbonyl (C=O) groups is 2. The Morgan fingerprint density at radius 3 is 2.44 bits per heavy atom. The summed E-state index contributed by atoms with van der Waals surface area (Å²) >= 11 is 0. The van der Waals surface area contributed by atoms with Gasteiger partial charge < -0.3 is 35.4 Å². The fourth-order valence-corrected chi connectivity index (χ4v) is 2.53. The third-order valence-electron chi connectivity index (χ3n) is 3.94. The van der Waals surface area contributed by atoms with Gasteiger partial charge in [0.25, 0.3) is 0 Å². The monoisotopic (exact) mass is 354 g/mol. The van der Waals surface area contributed by atoms with Gasteiger partial charge in [0.1, 0.15) is 12.2 Å². The fourth-order valence-electron chi connectivity index (χ4n) is 2.53. The van der Waals surface area contributed by atoms with Crippen LogP contribution in [0.25, 0.3) is 6.08 Å². The number of ether oxygens (including phenoxy) is 1. The van der Waals surface area contributed by atoms with Crippen LogP contribution >= 0.6 is 0 Å². The number of benzene rings is 1. The Bertz CT molecular complexity index is 699. The van der Waals surface area contributed by atoms with E-state index in [9.17, 15) is 35.1 Å². The predicted molar refractivity (Wildman–Crippen MR) is 82.5 cm³/mol. The molecule has 0 amide bonds. The minimum Gasteiger partial charge on any atom is -0.504 e. The topological polar surface area (TPSA) is 165 Å². The molecule has 136 valence electrons. The van der Waals surface area contributed by atoms with Gasteiger partial charge in [-0.15, -0.1) is 0 Å². The lowest BCUT2D eigenvalue weighted by Crippen LogP contribution is -2.57. The Balaban J connectivity index is 2.06. The molecule has 1 aliphatic rings. The van der Waals surface area contributed by atoms with Gasteiger partial charge in [0, 0.05) is 18.9 Å². The third kappa shape index (κ3) is 4.27. The molecule has 4 atom stereocenters. The average Bonchev–Trinajstić information content (AvgIpc) is 2.53. The second-order valence-corrected chi connectivity index (χ2v) is 5.86. The van der Waals surface area contributed by atoms with Crippen molar-refractivity contribution in [3.8, 4) is 11.5 Å². The zero-order valence-electron chi connectivity index (χ0n) is 12.9. The van der Waals surface area contributed by atoms with Gasteiger partial charge in [-0.2, -0.15) is 0 Å². The van der Waals surface area contributed by atoms with E-state index in [1.165, 1.54) is 24.3 Å². The highest BCUT2D eigenvalue weighted by Gasteiger charge is 2.50. The van der Waals surface area contributed by atoms with Crippen molar-refractivity contribution in [2.24, 2.45) is 0 Å². The van der Waals surface area contributed by atoms with Crippen molar-refractivity contribution in [1.82, 2.24) is 0 Å². The minimum absolute atomic E-state index is 0.327. The number of aliphatic carboxylic acids is 1. The number of carboxylic acid groups (broad SMARTS) is 1. The van der Waals surface area contributed by atoms with E-state index in [1.54, 1.807) is 0 Å². The van der Waals surface area contributed by atoms with Crippen LogP contribution in [-0.2, 0) is 14.3 Å². The van der Waals surface area contributed by atoms with Crippen LogP contribution in [0.15, 0.2) is 24.3 Å². The van der Waals surface area contributed by atoms with Crippen LogP contribution in [0.4, 0.5) is 0 Å². The van der Waals surface area contributed by atoms with Gasteiger partial charge in [0.15, 0.2) is 17.1 Å². The Morgan fingerprint density at radius 1 is 1.16 bits per heavy atom. The van der Waals surface area contributed by atoms with Crippen LogP contribution in [0.5, 0.6) is 11.5 Å².